The Morgan fingerprint density at radius 1 is 0.652 bits per heavy atom. The quantitative estimate of drug-likeness (QED) is 0.107. The van der Waals surface area contributed by atoms with Crippen LogP contribution in [0.2, 0.25) is 0 Å². The van der Waals surface area contributed by atoms with E-state index in [1.807, 2.05) is 115 Å². The Kier molecular flexibility index (Phi) is 10.9. The molecule has 10 nitrogen and oxygen atoms in total. The lowest BCUT2D eigenvalue weighted by Crippen LogP contribution is -2.43. The normalized spacial score (nSPS) is 13.7. The fourth-order valence-electron chi connectivity index (χ4n) is 9.60. The zero-order chi connectivity index (χ0) is 47.2. The molecule has 3 aromatic heterocycles. The van der Waals surface area contributed by atoms with E-state index in [1.54, 1.807) is 6.07 Å². The van der Waals surface area contributed by atoms with Gasteiger partial charge in [-0.15, -0.1) is 10.2 Å². The number of nitrogens with one attached hydrogen (secondary N) is 1. The Labute approximate surface area is 400 Å². The van der Waals surface area contributed by atoms with Gasteiger partial charge >= 0.3 is 0 Å². The van der Waals surface area contributed by atoms with Gasteiger partial charge in [0.2, 0.25) is 15.2 Å². The molecule has 0 atom stereocenters. The first-order valence-electron chi connectivity index (χ1n) is 22.2. The van der Waals surface area contributed by atoms with E-state index in [4.69, 9.17) is 10.1 Å². The smallest absolute Gasteiger partial charge is 0.291 e. The van der Waals surface area contributed by atoms with Crippen molar-refractivity contribution < 1.29 is 17.2 Å². The van der Waals surface area contributed by atoms with Crippen molar-refractivity contribution in [1.29, 1.82) is 5.26 Å². The molecule has 0 radical (unpaired) electrons. The Hall–Kier alpha value is -7.96. The number of hydrogen-bond acceptors (Lipinski definition) is 8. The second-order valence-corrected chi connectivity index (χ2v) is 19.6. The number of benzene rings is 7. The summed E-state index contributed by atoms with van der Waals surface area (Å²) in [6.07, 6.45) is -0.141. The summed E-state index contributed by atoms with van der Waals surface area (Å²) >= 11 is 0.649. The fraction of sp³-hybridized carbons (Fsp3) is 0.109. The van der Waals surface area contributed by atoms with Gasteiger partial charge in [0.1, 0.15) is 33.7 Å². The number of halogens is 2. The Balaban J connectivity index is 1.30. The first-order valence-corrected chi connectivity index (χ1v) is 24.5. The predicted octanol–water partition coefficient (Wildman–Crippen LogP) is 11.2. The molecule has 1 saturated carbocycles. The lowest BCUT2D eigenvalue weighted by molar-refractivity contribution is 0.150. The molecule has 1 fully saturated rings. The van der Waals surface area contributed by atoms with Crippen LogP contribution in [0, 0.1) is 11.3 Å². The molecule has 14 heteroatoms. The molecule has 1 N–H and O–H groups in total. The second kappa shape index (κ2) is 17.3. The number of hydrogen-bond donors (Lipinski definition) is 1. The van der Waals surface area contributed by atoms with Gasteiger partial charge in [-0.3, -0.25) is 0 Å². The Morgan fingerprint density at radius 2 is 1.12 bits per heavy atom. The highest BCUT2D eigenvalue weighted by Crippen LogP contribution is 2.51. The SMILES string of the molecule is N#CC1(NS(=O)(=O)c2ccc3c(-c4cn(C(c5ccccc5)(c5ccccc5)c5ccccc5)c(C(c5ccccc5)(c5ccccc5)c5ccccc5)n4)nn(-c4nnc(C(F)F)s4)c3c2)CC1. The van der Waals surface area contributed by atoms with Gasteiger partial charge in [0, 0.05) is 11.6 Å². The molecule has 0 saturated heterocycles. The van der Waals surface area contributed by atoms with Gasteiger partial charge in [0.05, 0.1) is 16.5 Å². The average molecular weight is 947 g/mol. The summed E-state index contributed by atoms with van der Waals surface area (Å²) in [6.45, 7) is 0. The third kappa shape index (κ3) is 7.34. The van der Waals surface area contributed by atoms with Crippen LogP contribution >= 0.6 is 11.3 Å². The lowest BCUT2D eigenvalue weighted by atomic mass is 9.67. The summed E-state index contributed by atoms with van der Waals surface area (Å²) in [5.74, 6) is 0.617. The summed E-state index contributed by atoms with van der Waals surface area (Å²) in [5, 5.41) is 22.8. The monoisotopic (exact) mass is 946 g/mol. The highest BCUT2D eigenvalue weighted by Gasteiger charge is 2.49. The van der Waals surface area contributed by atoms with Gasteiger partial charge < -0.3 is 4.57 Å². The summed E-state index contributed by atoms with van der Waals surface area (Å²) in [4.78, 5) is 5.68. The van der Waals surface area contributed by atoms with E-state index >= 15 is 0 Å². The van der Waals surface area contributed by atoms with Crippen LogP contribution < -0.4 is 4.72 Å². The van der Waals surface area contributed by atoms with Crippen molar-refractivity contribution >= 4 is 32.3 Å². The summed E-state index contributed by atoms with van der Waals surface area (Å²) < 4.78 is 62.4. The third-order valence-corrected chi connectivity index (χ3v) is 15.3. The van der Waals surface area contributed by atoms with Crippen LogP contribution in [0.3, 0.4) is 0 Å². The van der Waals surface area contributed by atoms with E-state index in [1.165, 1.54) is 16.8 Å². The van der Waals surface area contributed by atoms with Gasteiger partial charge in [0.25, 0.3) is 6.43 Å². The van der Waals surface area contributed by atoms with Crippen LogP contribution in [0.25, 0.3) is 27.4 Å². The van der Waals surface area contributed by atoms with Crippen molar-refractivity contribution in [2.75, 3.05) is 0 Å². The molecule has 7 aromatic carbocycles. The Morgan fingerprint density at radius 3 is 1.54 bits per heavy atom. The molecule has 0 spiro atoms. The third-order valence-electron chi connectivity index (χ3n) is 12.9. The van der Waals surface area contributed by atoms with Crippen LogP contribution in [0.4, 0.5) is 8.78 Å². The lowest BCUT2D eigenvalue weighted by Gasteiger charge is -2.43. The maximum absolute atomic E-state index is 14.2. The average Bonchev–Trinajstić information content (AvgIpc) is 3.68. The largest absolute Gasteiger partial charge is 0.314 e. The highest BCUT2D eigenvalue weighted by molar-refractivity contribution is 7.89. The zero-order valence-electron chi connectivity index (χ0n) is 36.6. The van der Waals surface area contributed by atoms with Crippen LogP contribution in [-0.2, 0) is 21.0 Å². The number of alkyl halides is 2. The maximum Gasteiger partial charge on any atom is 0.291 e. The molecule has 69 heavy (non-hydrogen) atoms. The van der Waals surface area contributed by atoms with E-state index in [2.05, 4.69) is 98.4 Å². The van der Waals surface area contributed by atoms with Crippen molar-refractivity contribution in [3.05, 3.63) is 251 Å². The molecule has 3 heterocycles. The van der Waals surface area contributed by atoms with Crippen molar-refractivity contribution in [3.8, 4) is 22.6 Å². The number of nitriles is 1. The predicted molar refractivity (Wildman–Crippen MR) is 262 cm³/mol. The number of aromatic nitrogens is 6. The molecule has 338 valence electrons. The Bertz CT molecular complexity index is 3260. The van der Waals surface area contributed by atoms with E-state index in [-0.39, 0.29) is 15.5 Å². The molecule has 0 unspecified atom stereocenters. The molecule has 0 aliphatic heterocycles. The van der Waals surface area contributed by atoms with Crippen molar-refractivity contribution in [3.63, 3.8) is 0 Å². The summed E-state index contributed by atoms with van der Waals surface area (Å²) in [7, 11) is -4.23. The van der Waals surface area contributed by atoms with E-state index in [0.29, 0.717) is 46.8 Å². The van der Waals surface area contributed by atoms with Crippen LogP contribution in [-0.4, -0.2) is 43.5 Å². The van der Waals surface area contributed by atoms with E-state index < -0.39 is 37.9 Å². The molecule has 1 aliphatic rings. The highest BCUT2D eigenvalue weighted by atomic mass is 32.2. The maximum atomic E-state index is 14.2. The van der Waals surface area contributed by atoms with E-state index in [0.717, 1.165) is 33.4 Å². The van der Waals surface area contributed by atoms with Gasteiger partial charge in [-0.1, -0.05) is 193 Å². The molecular formula is C55H40F2N8O2S2. The van der Waals surface area contributed by atoms with Crippen LogP contribution in [0.5, 0.6) is 0 Å². The van der Waals surface area contributed by atoms with Gasteiger partial charge in [0.15, 0.2) is 5.01 Å². The number of rotatable bonds is 14. The summed E-state index contributed by atoms with van der Waals surface area (Å²) in [6, 6.07) is 68.3. The number of sulfonamides is 1. The minimum absolute atomic E-state index is 0.00110. The second-order valence-electron chi connectivity index (χ2n) is 16.9. The van der Waals surface area contributed by atoms with Crippen molar-refractivity contribution in [2.24, 2.45) is 0 Å². The molecule has 10 aromatic rings. The minimum Gasteiger partial charge on any atom is -0.314 e. The molecule has 11 rings (SSSR count). The molecule has 0 amide bonds. The molecular weight excluding hydrogens is 907 g/mol. The van der Waals surface area contributed by atoms with Gasteiger partial charge in [-0.05, 0) is 64.4 Å². The minimum atomic E-state index is -4.23. The number of imidazole rings is 1. The van der Waals surface area contributed by atoms with Crippen LogP contribution in [0.15, 0.2) is 211 Å². The first-order chi connectivity index (χ1) is 33.7. The molecule has 0 bridgehead atoms. The van der Waals surface area contributed by atoms with Gasteiger partial charge in [-0.2, -0.15) is 15.1 Å². The zero-order valence-corrected chi connectivity index (χ0v) is 38.3. The van der Waals surface area contributed by atoms with Crippen molar-refractivity contribution in [2.45, 2.75) is 40.7 Å². The fourth-order valence-corrected chi connectivity index (χ4v) is 11.7. The van der Waals surface area contributed by atoms with Crippen LogP contribution in [0.1, 0.15) is 63.5 Å². The van der Waals surface area contributed by atoms with Gasteiger partial charge in [-0.25, -0.2) is 26.9 Å². The standard InChI is InChI=1S/C55H40F2N8O2S2/c56-49(57)50-60-61-52(68-50)65-47-35-44(69(66,67)63-53(37-58)33-34-53)31-32-45(47)48(62-65)46-36-64(55(41-25-13-4-14-26-41,42-27-15-5-16-28-42)43-29-17-6-18-30-43)51(59-46)54(38-19-7-1-8-20-38,39-21-9-2-10-22-39)40-23-11-3-12-24-40/h1-32,35-36,49,63H,33-34H2. The summed E-state index contributed by atoms with van der Waals surface area (Å²) in [5.41, 5.74) is 3.16. The number of nitrogens with zero attached hydrogens (tertiary/aromatic N) is 7. The van der Waals surface area contributed by atoms with Crippen molar-refractivity contribution in [1.82, 2.24) is 34.3 Å². The topological polar surface area (TPSA) is 131 Å². The number of fused-ring (bicyclic) bond motifs is 1. The first kappa shape index (κ1) is 43.6. The molecule has 1 aliphatic carbocycles. The van der Waals surface area contributed by atoms with E-state index in [9.17, 15) is 22.5 Å².